The van der Waals surface area contributed by atoms with E-state index in [0.29, 0.717) is 10.6 Å². The van der Waals surface area contributed by atoms with Crippen molar-refractivity contribution in [3.63, 3.8) is 0 Å². The maximum absolute atomic E-state index is 11.9. The van der Waals surface area contributed by atoms with Gasteiger partial charge in [-0.2, -0.15) is 0 Å². The number of aliphatic carboxylic acids is 1. The molecule has 1 aromatic rings. The van der Waals surface area contributed by atoms with Crippen LogP contribution in [0.1, 0.15) is 41.1 Å². The molecule has 17 heavy (non-hydrogen) atoms. The maximum Gasteiger partial charge on any atom is 0.328 e. The lowest BCUT2D eigenvalue weighted by molar-refractivity contribution is -0.143. The monoisotopic (exact) mass is 256 g/mol. The molecule has 0 aliphatic carbocycles. The van der Waals surface area contributed by atoms with E-state index in [9.17, 15) is 9.59 Å². The normalized spacial score (nSPS) is 11.3. The molecule has 0 unspecified atom stereocenters. The first kappa shape index (κ1) is 13.6. The standard InChI is InChI=1S/C11H16N2O3S/c1-5-7-12-6(2)8(17-7)9(14)13-11(3,4)10(15)16/h5H2,1-4H3,(H,13,14)(H,15,16). The lowest BCUT2D eigenvalue weighted by Gasteiger charge is -2.20. The predicted molar refractivity (Wildman–Crippen MR) is 65.4 cm³/mol. The number of rotatable bonds is 4. The first-order valence-corrected chi connectivity index (χ1v) is 6.11. The molecule has 0 fully saturated rings. The summed E-state index contributed by atoms with van der Waals surface area (Å²) in [4.78, 5) is 27.5. The smallest absolute Gasteiger partial charge is 0.328 e. The third-order valence-electron chi connectivity index (χ3n) is 2.31. The summed E-state index contributed by atoms with van der Waals surface area (Å²) >= 11 is 1.30. The zero-order chi connectivity index (χ0) is 13.2. The molecule has 0 bridgehead atoms. The summed E-state index contributed by atoms with van der Waals surface area (Å²) in [6.07, 6.45) is 0.765. The Balaban J connectivity index is 2.90. The number of nitrogens with one attached hydrogen (secondary N) is 1. The number of nitrogens with zero attached hydrogens (tertiary/aromatic N) is 1. The molecule has 0 atom stereocenters. The van der Waals surface area contributed by atoms with Gasteiger partial charge in [0.05, 0.1) is 10.7 Å². The first-order valence-electron chi connectivity index (χ1n) is 5.30. The van der Waals surface area contributed by atoms with Crippen LogP contribution in [0.2, 0.25) is 0 Å². The van der Waals surface area contributed by atoms with Crippen LogP contribution >= 0.6 is 11.3 Å². The molecule has 1 heterocycles. The minimum absolute atomic E-state index is 0.382. The number of amides is 1. The molecule has 1 rings (SSSR count). The molecule has 0 aromatic carbocycles. The van der Waals surface area contributed by atoms with Gasteiger partial charge in [-0.15, -0.1) is 11.3 Å². The van der Waals surface area contributed by atoms with Crippen LogP contribution in [0.5, 0.6) is 0 Å². The number of aromatic nitrogens is 1. The van der Waals surface area contributed by atoms with Crippen LogP contribution in [0.3, 0.4) is 0 Å². The van der Waals surface area contributed by atoms with E-state index in [0.717, 1.165) is 11.4 Å². The van der Waals surface area contributed by atoms with Crippen molar-refractivity contribution in [1.82, 2.24) is 10.3 Å². The second-order valence-electron chi connectivity index (χ2n) is 4.26. The highest BCUT2D eigenvalue weighted by atomic mass is 32.1. The van der Waals surface area contributed by atoms with Gasteiger partial charge in [-0.25, -0.2) is 9.78 Å². The Labute approximate surface area is 104 Å². The van der Waals surface area contributed by atoms with Gasteiger partial charge in [0.25, 0.3) is 5.91 Å². The number of carboxylic acids is 1. The Morgan fingerprint density at radius 1 is 1.47 bits per heavy atom. The van der Waals surface area contributed by atoms with Gasteiger partial charge in [-0.3, -0.25) is 4.79 Å². The van der Waals surface area contributed by atoms with Crippen LogP contribution in [-0.2, 0) is 11.2 Å². The highest BCUT2D eigenvalue weighted by Gasteiger charge is 2.30. The quantitative estimate of drug-likeness (QED) is 0.857. The number of aryl methyl sites for hydroxylation is 2. The number of carbonyl (C=O) groups excluding carboxylic acids is 1. The van der Waals surface area contributed by atoms with Gasteiger partial charge in [0.2, 0.25) is 0 Å². The second-order valence-corrected chi connectivity index (χ2v) is 5.34. The van der Waals surface area contributed by atoms with Crippen molar-refractivity contribution in [2.45, 2.75) is 39.7 Å². The van der Waals surface area contributed by atoms with Gasteiger partial charge >= 0.3 is 5.97 Å². The van der Waals surface area contributed by atoms with Gasteiger partial charge in [-0.1, -0.05) is 6.92 Å². The lowest BCUT2D eigenvalue weighted by Crippen LogP contribution is -2.49. The van der Waals surface area contributed by atoms with Crippen LogP contribution < -0.4 is 5.32 Å². The summed E-state index contributed by atoms with van der Waals surface area (Å²) in [5.41, 5.74) is -0.634. The molecule has 0 aliphatic rings. The van der Waals surface area contributed by atoms with Crippen molar-refractivity contribution >= 4 is 23.2 Å². The van der Waals surface area contributed by atoms with E-state index >= 15 is 0 Å². The molecule has 5 nitrogen and oxygen atoms in total. The van der Waals surface area contributed by atoms with Gasteiger partial charge < -0.3 is 10.4 Å². The molecule has 0 saturated carbocycles. The summed E-state index contributed by atoms with van der Waals surface area (Å²) in [5, 5.41) is 12.3. The van der Waals surface area contributed by atoms with Crippen molar-refractivity contribution in [3.05, 3.63) is 15.6 Å². The SMILES string of the molecule is CCc1nc(C)c(C(=O)NC(C)(C)C(=O)O)s1. The van der Waals surface area contributed by atoms with Crippen molar-refractivity contribution in [1.29, 1.82) is 0 Å². The van der Waals surface area contributed by atoms with Crippen molar-refractivity contribution in [2.75, 3.05) is 0 Å². The molecule has 0 spiro atoms. The number of thiazole rings is 1. The van der Waals surface area contributed by atoms with E-state index in [1.807, 2.05) is 6.92 Å². The molecule has 0 saturated heterocycles. The molecule has 94 valence electrons. The van der Waals surface area contributed by atoms with Crippen LogP contribution in [-0.4, -0.2) is 27.5 Å². The molecule has 6 heteroatoms. The number of hydrogen-bond acceptors (Lipinski definition) is 4. The van der Waals surface area contributed by atoms with E-state index in [1.54, 1.807) is 6.92 Å². The first-order chi connectivity index (χ1) is 7.77. The third-order valence-corrected chi connectivity index (χ3v) is 3.61. The lowest BCUT2D eigenvalue weighted by atomic mass is 10.1. The fourth-order valence-electron chi connectivity index (χ4n) is 1.21. The van der Waals surface area contributed by atoms with Gasteiger partial charge in [0.1, 0.15) is 10.4 Å². The van der Waals surface area contributed by atoms with E-state index in [2.05, 4.69) is 10.3 Å². The number of carboxylic acid groups (broad SMARTS) is 1. The third kappa shape index (κ3) is 3.03. The molecular formula is C11H16N2O3S. The maximum atomic E-state index is 11.9. The Kier molecular flexibility index (Phi) is 3.87. The summed E-state index contributed by atoms with van der Waals surface area (Å²) in [6, 6.07) is 0. The van der Waals surface area contributed by atoms with Gasteiger partial charge in [-0.05, 0) is 27.2 Å². The molecular weight excluding hydrogens is 240 g/mol. The molecule has 2 N–H and O–H groups in total. The van der Waals surface area contributed by atoms with Crippen molar-refractivity contribution < 1.29 is 14.7 Å². The fraction of sp³-hybridized carbons (Fsp3) is 0.545. The molecule has 0 aliphatic heterocycles. The Hall–Kier alpha value is -1.43. The van der Waals surface area contributed by atoms with Crippen LogP contribution in [0.25, 0.3) is 0 Å². The largest absolute Gasteiger partial charge is 0.480 e. The van der Waals surface area contributed by atoms with Crippen molar-refractivity contribution in [3.8, 4) is 0 Å². The summed E-state index contributed by atoms with van der Waals surface area (Å²) in [7, 11) is 0. The van der Waals surface area contributed by atoms with E-state index in [4.69, 9.17) is 5.11 Å². The minimum Gasteiger partial charge on any atom is -0.480 e. The Morgan fingerprint density at radius 3 is 2.47 bits per heavy atom. The Bertz CT molecular complexity index is 452. The highest BCUT2D eigenvalue weighted by molar-refractivity contribution is 7.13. The average Bonchev–Trinajstić information content (AvgIpc) is 2.58. The molecule has 1 amide bonds. The Morgan fingerprint density at radius 2 is 2.06 bits per heavy atom. The zero-order valence-corrected chi connectivity index (χ0v) is 11.1. The van der Waals surface area contributed by atoms with E-state index < -0.39 is 11.5 Å². The van der Waals surface area contributed by atoms with E-state index in [1.165, 1.54) is 25.2 Å². The highest BCUT2D eigenvalue weighted by Crippen LogP contribution is 2.19. The minimum atomic E-state index is -1.28. The summed E-state index contributed by atoms with van der Waals surface area (Å²) < 4.78 is 0. The van der Waals surface area contributed by atoms with Gasteiger partial charge in [0.15, 0.2) is 0 Å². The zero-order valence-electron chi connectivity index (χ0n) is 10.3. The van der Waals surface area contributed by atoms with E-state index in [-0.39, 0.29) is 5.91 Å². The average molecular weight is 256 g/mol. The molecule has 1 aromatic heterocycles. The van der Waals surface area contributed by atoms with Crippen molar-refractivity contribution in [2.24, 2.45) is 0 Å². The number of hydrogen-bond donors (Lipinski definition) is 2. The summed E-state index contributed by atoms with van der Waals surface area (Å²) in [5.74, 6) is -1.45. The fourth-order valence-corrected chi connectivity index (χ4v) is 2.11. The van der Waals surface area contributed by atoms with Crippen LogP contribution in [0.15, 0.2) is 0 Å². The summed E-state index contributed by atoms with van der Waals surface area (Å²) in [6.45, 7) is 6.61. The van der Waals surface area contributed by atoms with Crippen LogP contribution in [0, 0.1) is 6.92 Å². The predicted octanol–water partition coefficient (Wildman–Crippen LogP) is 1.61. The number of carbonyl (C=O) groups is 2. The topological polar surface area (TPSA) is 79.3 Å². The van der Waals surface area contributed by atoms with Crippen LogP contribution in [0.4, 0.5) is 0 Å². The van der Waals surface area contributed by atoms with Gasteiger partial charge in [0, 0.05) is 0 Å². The second kappa shape index (κ2) is 4.83. The molecule has 0 radical (unpaired) electrons.